The molecule has 5 nitrogen and oxygen atoms in total. The molecule has 2 heterocycles. The van der Waals surface area contributed by atoms with Crippen LogP contribution in [-0.4, -0.2) is 18.4 Å². The van der Waals surface area contributed by atoms with Crippen LogP contribution in [0.15, 0.2) is 66.0 Å². The highest BCUT2D eigenvalue weighted by molar-refractivity contribution is 7.89. The number of nitrogens with zero attached hydrogens (tertiary/aromatic N) is 2. The van der Waals surface area contributed by atoms with Gasteiger partial charge in [0.25, 0.3) is 0 Å². The topological polar surface area (TPSA) is 72.0 Å². The summed E-state index contributed by atoms with van der Waals surface area (Å²) in [6, 6.07) is 12.3. The number of para-hydroxylation sites is 1. The summed E-state index contributed by atoms with van der Waals surface area (Å²) in [5.41, 5.74) is 1.32. The fourth-order valence-corrected chi connectivity index (χ4v) is 3.24. The van der Waals surface area contributed by atoms with Crippen molar-refractivity contribution in [2.75, 3.05) is 0 Å². The molecule has 106 valence electrons. The Balaban J connectivity index is 1.94. The van der Waals surface area contributed by atoms with Gasteiger partial charge in [0.15, 0.2) is 0 Å². The van der Waals surface area contributed by atoms with Crippen LogP contribution in [-0.2, 0) is 16.6 Å². The predicted molar refractivity (Wildman–Crippen MR) is 80.0 cm³/mol. The third-order valence-electron chi connectivity index (χ3n) is 3.10. The molecular formula is C15H13N3O2S. The number of benzene rings is 1. The third kappa shape index (κ3) is 2.91. The minimum atomic E-state index is -3.62. The molecule has 1 N–H and O–H groups in total. The first-order valence-electron chi connectivity index (χ1n) is 6.39. The van der Waals surface area contributed by atoms with E-state index in [1.54, 1.807) is 48.9 Å². The number of hydrogen-bond acceptors (Lipinski definition) is 4. The van der Waals surface area contributed by atoms with Crippen molar-refractivity contribution in [3.05, 3.63) is 66.6 Å². The van der Waals surface area contributed by atoms with E-state index in [0.29, 0.717) is 5.52 Å². The third-order valence-corrected chi connectivity index (χ3v) is 4.53. The lowest BCUT2D eigenvalue weighted by atomic mass is 10.2. The lowest BCUT2D eigenvalue weighted by Crippen LogP contribution is -2.23. The second kappa shape index (κ2) is 5.59. The van der Waals surface area contributed by atoms with Crippen LogP contribution in [0, 0.1) is 0 Å². The molecule has 0 saturated heterocycles. The summed E-state index contributed by atoms with van der Waals surface area (Å²) < 4.78 is 27.5. The Morgan fingerprint density at radius 2 is 1.71 bits per heavy atom. The van der Waals surface area contributed by atoms with E-state index in [0.717, 1.165) is 10.9 Å². The number of sulfonamides is 1. The molecule has 0 aliphatic heterocycles. The minimum Gasteiger partial charge on any atom is -0.265 e. The smallest absolute Gasteiger partial charge is 0.243 e. The van der Waals surface area contributed by atoms with Gasteiger partial charge in [-0.25, -0.2) is 13.1 Å². The van der Waals surface area contributed by atoms with Gasteiger partial charge < -0.3 is 0 Å². The summed E-state index contributed by atoms with van der Waals surface area (Å²) in [4.78, 5) is 8.26. The Kier molecular flexibility index (Phi) is 3.64. The van der Waals surface area contributed by atoms with Crippen molar-refractivity contribution in [1.82, 2.24) is 14.7 Å². The van der Waals surface area contributed by atoms with E-state index in [1.165, 1.54) is 0 Å². The average molecular weight is 299 g/mol. The maximum absolute atomic E-state index is 12.5. The van der Waals surface area contributed by atoms with Crippen LogP contribution in [0.25, 0.3) is 10.9 Å². The van der Waals surface area contributed by atoms with Crippen LogP contribution < -0.4 is 4.72 Å². The molecule has 0 bridgehead atoms. The van der Waals surface area contributed by atoms with E-state index in [-0.39, 0.29) is 11.4 Å². The number of nitrogens with one attached hydrogen (secondary N) is 1. The zero-order valence-corrected chi connectivity index (χ0v) is 11.9. The van der Waals surface area contributed by atoms with Gasteiger partial charge in [0.1, 0.15) is 4.90 Å². The average Bonchev–Trinajstić information content (AvgIpc) is 2.53. The highest BCUT2D eigenvalue weighted by atomic mass is 32.2. The highest BCUT2D eigenvalue weighted by Crippen LogP contribution is 2.20. The second-order valence-electron chi connectivity index (χ2n) is 4.51. The van der Waals surface area contributed by atoms with E-state index >= 15 is 0 Å². The Labute approximate surface area is 122 Å². The first kappa shape index (κ1) is 13.7. The highest BCUT2D eigenvalue weighted by Gasteiger charge is 2.17. The van der Waals surface area contributed by atoms with Crippen molar-refractivity contribution in [2.24, 2.45) is 0 Å². The van der Waals surface area contributed by atoms with Gasteiger partial charge in [-0.1, -0.05) is 18.2 Å². The van der Waals surface area contributed by atoms with Crippen LogP contribution >= 0.6 is 0 Å². The van der Waals surface area contributed by atoms with Crippen molar-refractivity contribution < 1.29 is 8.42 Å². The predicted octanol–water partition coefficient (Wildman–Crippen LogP) is 2.11. The van der Waals surface area contributed by atoms with Gasteiger partial charge in [0, 0.05) is 30.5 Å². The summed E-state index contributed by atoms with van der Waals surface area (Å²) in [7, 11) is -3.62. The first-order chi connectivity index (χ1) is 10.2. The van der Waals surface area contributed by atoms with Crippen LogP contribution in [0.3, 0.4) is 0 Å². The molecule has 3 rings (SSSR count). The molecule has 6 heteroatoms. The molecule has 0 atom stereocenters. The molecule has 21 heavy (non-hydrogen) atoms. The fraction of sp³-hybridized carbons (Fsp3) is 0.0667. The van der Waals surface area contributed by atoms with Crippen molar-refractivity contribution in [3.63, 3.8) is 0 Å². The SMILES string of the molecule is O=S(=O)(NCc1ccncc1)c1cccc2cccnc12. The molecule has 0 unspecified atom stereocenters. The van der Waals surface area contributed by atoms with E-state index in [4.69, 9.17) is 0 Å². The number of hydrogen-bond donors (Lipinski definition) is 1. The summed E-state index contributed by atoms with van der Waals surface area (Å²) in [5, 5.41) is 0.796. The number of fused-ring (bicyclic) bond motifs is 1. The largest absolute Gasteiger partial charge is 0.265 e. The molecular weight excluding hydrogens is 286 g/mol. The summed E-state index contributed by atoms with van der Waals surface area (Å²) >= 11 is 0. The van der Waals surface area contributed by atoms with E-state index in [1.807, 2.05) is 12.1 Å². The Morgan fingerprint density at radius 1 is 0.952 bits per heavy atom. The molecule has 0 aliphatic rings. The summed E-state index contributed by atoms with van der Waals surface area (Å²) in [5.74, 6) is 0. The van der Waals surface area contributed by atoms with E-state index in [9.17, 15) is 8.42 Å². The molecule has 0 fully saturated rings. The summed E-state index contributed by atoms with van der Waals surface area (Å²) in [6.45, 7) is 0.216. The fourth-order valence-electron chi connectivity index (χ4n) is 2.05. The molecule has 1 aromatic carbocycles. The number of rotatable bonds is 4. The molecule has 0 aliphatic carbocycles. The lowest BCUT2D eigenvalue weighted by molar-refractivity contribution is 0.582. The molecule has 0 amide bonds. The molecule has 3 aromatic rings. The van der Waals surface area contributed by atoms with Crippen molar-refractivity contribution >= 4 is 20.9 Å². The van der Waals surface area contributed by atoms with Crippen LogP contribution in [0.1, 0.15) is 5.56 Å². The van der Waals surface area contributed by atoms with E-state index < -0.39 is 10.0 Å². The van der Waals surface area contributed by atoms with Gasteiger partial charge in [-0.3, -0.25) is 9.97 Å². The molecule has 2 aromatic heterocycles. The van der Waals surface area contributed by atoms with E-state index in [2.05, 4.69) is 14.7 Å². The van der Waals surface area contributed by atoms with Gasteiger partial charge in [0.2, 0.25) is 10.0 Å². The normalized spacial score (nSPS) is 11.6. The quantitative estimate of drug-likeness (QED) is 0.801. The van der Waals surface area contributed by atoms with Crippen LogP contribution in [0.4, 0.5) is 0 Å². The first-order valence-corrected chi connectivity index (χ1v) is 7.87. The van der Waals surface area contributed by atoms with Crippen molar-refractivity contribution in [2.45, 2.75) is 11.4 Å². The van der Waals surface area contributed by atoms with Crippen molar-refractivity contribution in [1.29, 1.82) is 0 Å². The molecule has 0 radical (unpaired) electrons. The molecule has 0 spiro atoms. The maximum Gasteiger partial charge on any atom is 0.243 e. The monoisotopic (exact) mass is 299 g/mol. The van der Waals surface area contributed by atoms with Gasteiger partial charge in [-0.2, -0.15) is 0 Å². The Morgan fingerprint density at radius 3 is 2.52 bits per heavy atom. The summed E-state index contributed by atoms with van der Waals surface area (Å²) in [6.07, 6.45) is 4.84. The second-order valence-corrected chi connectivity index (χ2v) is 6.25. The van der Waals surface area contributed by atoms with Crippen molar-refractivity contribution in [3.8, 4) is 0 Å². The Hall–Kier alpha value is -2.31. The van der Waals surface area contributed by atoms with Gasteiger partial charge in [-0.15, -0.1) is 0 Å². The standard InChI is InChI=1S/C15H13N3O2S/c19-21(20,18-11-12-6-9-16-10-7-12)14-5-1-3-13-4-2-8-17-15(13)14/h1-10,18H,11H2. The number of pyridine rings is 2. The zero-order valence-electron chi connectivity index (χ0n) is 11.1. The molecule has 0 saturated carbocycles. The van der Waals surface area contributed by atoms with Gasteiger partial charge >= 0.3 is 0 Å². The van der Waals surface area contributed by atoms with Crippen LogP contribution in [0.5, 0.6) is 0 Å². The van der Waals surface area contributed by atoms with Crippen LogP contribution in [0.2, 0.25) is 0 Å². The zero-order chi connectivity index (χ0) is 14.7. The van der Waals surface area contributed by atoms with Gasteiger partial charge in [0.05, 0.1) is 5.52 Å². The van der Waals surface area contributed by atoms with Gasteiger partial charge in [-0.05, 0) is 29.8 Å². The number of aromatic nitrogens is 2. The Bertz CT molecular complexity index is 859. The maximum atomic E-state index is 12.5. The minimum absolute atomic E-state index is 0.189. The lowest BCUT2D eigenvalue weighted by Gasteiger charge is -2.08.